The molecule has 0 aliphatic carbocycles. The van der Waals surface area contributed by atoms with E-state index in [2.05, 4.69) is 12.0 Å². The van der Waals surface area contributed by atoms with E-state index in [1.54, 1.807) is 18.3 Å². The predicted molar refractivity (Wildman–Crippen MR) is 62.3 cm³/mol. The molecule has 1 atom stereocenters. The molecule has 16 heavy (non-hydrogen) atoms. The minimum Gasteiger partial charge on any atom is -0.448 e. The van der Waals surface area contributed by atoms with Gasteiger partial charge in [0.1, 0.15) is 5.76 Å². The van der Waals surface area contributed by atoms with Crippen LogP contribution in [-0.2, 0) is 6.54 Å². The van der Waals surface area contributed by atoms with Crippen LogP contribution in [0.25, 0.3) is 0 Å². The van der Waals surface area contributed by atoms with Gasteiger partial charge in [0.05, 0.1) is 12.2 Å². The highest BCUT2D eigenvalue weighted by molar-refractivity contribution is 6.28. The van der Waals surface area contributed by atoms with Crippen LogP contribution in [0.5, 0.6) is 0 Å². The van der Waals surface area contributed by atoms with E-state index in [0.29, 0.717) is 11.0 Å². The number of aryl methyl sites for hydroxylation is 1. The summed E-state index contributed by atoms with van der Waals surface area (Å²) in [7, 11) is 0. The summed E-state index contributed by atoms with van der Waals surface area (Å²) in [4.78, 5) is 0. The van der Waals surface area contributed by atoms with Gasteiger partial charge in [0.2, 0.25) is 0 Å². The Morgan fingerprint density at radius 1 is 1.56 bits per heavy atom. The second-order valence-electron chi connectivity index (χ2n) is 3.66. The van der Waals surface area contributed by atoms with Crippen molar-refractivity contribution in [2.75, 3.05) is 0 Å². The van der Waals surface area contributed by atoms with Crippen LogP contribution in [0, 0.1) is 0 Å². The third-order valence-corrected chi connectivity index (χ3v) is 2.57. The number of furan rings is 1. The maximum absolute atomic E-state index is 6.03. The highest BCUT2D eigenvalue weighted by Crippen LogP contribution is 2.23. The number of nitrogens with zero attached hydrogens (tertiary/aromatic N) is 2. The lowest BCUT2D eigenvalue weighted by Crippen LogP contribution is -2.10. The van der Waals surface area contributed by atoms with Crippen molar-refractivity contribution >= 4 is 11.6 Å². The molecule has 0 fully saturated rings. The van der Waals surface area contributed by atoms with Crippen LogP contribution in [0.3, 0.4) is 0 Å². The van der Waals surface area contributed by atoms with Crippen molar-refractivity contribution in [2.45, 2.75) is 25.9 Å². The third kappa shape index (κ3) is 2.28. The molecule has 0 aliphatic heterocycles. The van der Waals surface area contributed by atoms with Gasteiger partial charge in [0.25, 0.3) is 0 Å². The molecule has 0 aromatic carbocycles. The third-order valence-electron chi connectivity index (χ3n) is 2.37. The molecule has 0 saturated heterocycles. The van der Waals surface area contributed by atoms with Crippen molar-refractivity contribution in [3.63, 3.8) is 0 Å². The number of rotatable bonds is 4. The Morgan fingerprint density at radius 3 is 3.00 bits per heavy atom. The van der Waals surface area contributed by atoms with Crippen LogP contribution >= 0.6 is 11.6 Å². The highest BCUT2D eigenvalue weighted by atomic mass is 35.5. The normalized spacial score (nSPS) is 12.9. The second-order valence-corrected chi connectivity index (χ2v) is 4.03. The molecule has 4 nitrogen and oxygen atoms in total. The van der Waals surface area contributed by atoms with Gasteiger partial charge >= 0.3 is 0 Å². The van der Waals surface area contributed by atoms with Gasteiger partial charge in [-0.05, 0) is 30.2 Å². The molecule has 0 radical (unpaired) electrons. The SMILES string of the molecule is CCCn1cc(C(N)c2ccc(Cl)o2)cn1. The van der Waals surface area contributed by atoms with Gasteiger partial charge < -0.3 is 10.2 Å². The van der Waals surface area contributed by atoms with Crippen LogP contribution in [0.2, 0.25) is 5.22 Å². The minimum atomic E-state index is -0.307. The lowest BCUT2D eigenvalue weighted by molar-refractivity contribution is 0.491. The molecular weight excluding hydrogens is 226 g/mol. The molecule has 0 bridgehead atoms. The number of halogens is 1. The van der Waals surface area contributed by atoms with E-state index in [4.69, 9.17) is 21.8 Å². The number of aromatic nitrogens is 2. The first-order valence-corrected chi connectivity index (χ1v) is 5.61. The molecule has 1 unspecified atom stereocenters. The van der Waals surface area contributed by atoms with Crippen molar-refractivity contribution in [1.29, 1.82) is 0 Å². The number of nitrogens with two attached hydrogens (primary N) is 1. The standard InChI is InChI=1S/C11H14ClN3O/c1-2-5-15-7-8(6-14-15)11(13)9-3-4-10(12)16-9/h3-4,6-7,11H,2,5,13H2,1H3. The van der Waals surface area contributed by atoms with E-state index in [1.165, 1.54) is 0 Å². The zero-order valence-electron chi connectivity index (χ0n) is 9.06. The largest absolute Gasteiger partial charge is 0.448 e. The molecule has 2 heterocycles. The Morgan fingerprint density at radius 2 is 2.38 bits per heavy atom. The van der Waals surface area contributed by atoms with Gasteiger partial charge in [0.15, 0.2) is 5.22 Å². The molecule has 86 valence electrons. The quantitative estimate of drug-likeness (QED) is 0.892. The Labute approximate surface area is 99.0 Å². The fourth-order valence-electron chi connectivity index (χ4n) is 1.55. The number of hydrogen-bond donors (Lipinski definition) is 1. The minimum absolute atomic E-state index is 0.307. The van der Waals surface area contributed by atoms with E-state index in [1.807, 2.05) is 10.9 Å². The average Bonchev–Trinajstić information content (AvgIpc) is 2.87. The Kier molecular flexibility index (Phi) is 3.31. The second kappa shape index (κ2) is 4.72. The van der Waals surface area contributed by atoms with Gasteiger partial charge in [-0.15, -0.1) is 0 Å². The first-order valence-electron chi connectivity index (χ1n) is 5.24. The average molecular weight is 240 g/mol. The fraction of sp³-hybridized carbons (Fsp3) is 0.364. The summed E-state index contributed by atoms with van der Waals surface area (Å²) in [6.07, 6.45) is 4.74. The molecule has 2 rings (SSSR count). The lowest BCUT2D eigenvalue weighted by Gasteiger charge is -2.04. The monoisotopic (exact) mass is 239 g/mol. The van der Waals surface area contributed by atoms with E-state index in [-0.39, 0.29) is 6.04 Å². The predicted octanol–water partition coefficient (Wildman–Crippen LogP) is 2.59. The van der Waals surface area contributed by atoms with Crippen LogP contribution in [0.4, 0.5) is 0 Å². The summed E-state index contributed by atoms with van der Waals surface area (Å²) in [5.74, 6) is 0.654. The Balaban J connectivity index is 2.17. The van der Waals surface area contributed by atoms with Gasteiger partial charge in [-0.2, -0.15) is 5.10 Å². The van der Waals surface area contributed by atoms with Gasteiger partial charge in [-0.1, -0.05) is 6.92 Å². The number of hydrogen-bond acceptors (Lipinski definition) is 3. The topological polar surface area (TPSA) is 57.0 Å². The zero-order chi connectivity index (χ0) is 11.5. The first-order chi connectivity index (χ1) is 7.70. The van der Waals surface area contributed by atoms with Gasteiger partial charge in [-0.3, -0.25) is 4.68 Å². The van der Waals surface area contributed by atoms with Crippen LogP contribution in [0.1, 0.15) is 30.7 Å². The van der Waals surface area contributed by atoms with Crippen LogP contribution < -0.4 is 5.73 Å². The van der Waals surface area contributed by atoms with Crippen LogP contribution in [-0.4, -0.2) is 9.78 Å². The molecule has 5 heteroatoms. The maximum atomic E-state index is 6.03. The maximum Gasteiger partial charge on any atom is 0.193 e. The smallest absolute Gasteiger partial charge is 0.193 e. The van der Waals surface area contributed by atoms with Gasteiger partial charge in [0, 0.05) is 18.3 Å². The first kappa shape index (κ1) is 11.2. The lowest BCUT2D eigenvalue weighted by atomic mass is 10.1. The van der Waals surface area contributed by atoms with Crippen LogP contribution in [0.15, 0.2) is 28.9 Å². The summed E-state index contributed by atoms with van der Waals surface area (Å²) in [5, 5.41) is 4.57. The summed E-state index contributed by atoms with van der Waals surface area (Å²) in [6, 6.07) is 3.16. The molecule has 0 amide bonds. The van der Waals surface area contributed by atoms with Crippen molar-refractivity contribution in [3.05, 3.63) is 41.1 Å². The fourth-order valence-corrected chi connectivity index (χ4v) is 1.70. The van der Waals surface area contributed by atoms with E-state index < -0.39 is 0 Å². The van der Waals surface area contributed by atoms with Gasteiger partial charge in [-0.25, -0.2) is 0 Å². The van der Waals surface area contributed by atoms with Crippen molar-refractivity contribution in [1.82, 2.24) is 9.78 Å². The summed E-state index contributed by atoms with van der Waals surface area (Å²) in [5.41, 5.74) is 6.96. The molecule has 2 N–H and O–H groups in total. The Bertz CT molecular complexity index is 463. The molecule has 0 saturated carbocycles. The van der Waals surface area contributed by atoms with E-state index in [9.17, 15) is 0 Å². The van der Waals surface area contributed by atoms with E-state index in [0.717, 1.165) is 18.5 Å². The molecule has 2 aromatic rings. The van der Waals surface area contributed by atoms with Crippen molar-refractivity contribution < 1.29 is 4.42 Å². The summed E-state index contributed by atoms with van der Waals surface area (Å²) in [6.45, 7) is 3.00. The van der Waals surface area contributed by atoms with Crippen molar-refractivity contribution in [2.24, 2.45) is 5.73 Å². The molecular formula is C11H14ClN3O. The Hall–Kier alpha value is -1.26. The highest BCUT2D eigenvalue weighted by Gasteiger charge is 2.14. The van der Waals surface area contributed by atoms with E-state index >= 15 is 0 Å². The summed E-state index contributed by atoms with van der Waals surface area (Å²) < 4.78 is 7.15. The zero-order valence-corrected chi connectivity index (χ0v) is 9.81. The summed E-state index contributed by atoms with van der Waals surface area (Å²) >= 11 is 5.70. The molecule has 0 spiro atoms. The molecule has 2 aromatic heterocycles. The van der Waals surface area contributed by atoms with Crippen molar-refractivity contribution in [3.8, 4) is 0 Å². The molecule has 0 aliphatic rings.